The maximum absolute atomic E-state index is 13.4. The number of rotatable bonds is 5. The van der Waals surface area contributed by atoms with Crippen LogP contribution in [0.4, 0.5) is 4.39 Å². The molecule has 1 aromatic rings. The smallest absolute Gasteiger partial charge is 0.322 e. The first-order valence-corrected chi connectivity index (χ1v) is 5.62. The molecule has 0 aliphatic carbocycles. The van der Waals surface area contributed by atoms with E-state index in [0.717, 1.165) is 0 Å². The molecule has 1 unspecified atom stereocenters. The minimum absolute atomic E-state index is 0.138. The van der Waals surface area contributed by atoms with E-state index >= 15 is 0 Å². The van der Waals surface area contributed by atoms with Crippen LogP contribution in [-0.2, 0) is 9.53 Å². The second-order valence-corrected chi connectivity index (χ2v) is 4.63. The highest BCUT2D eigenvalue weighted by Gasteiger charge is 2.28. The number of esters is 1. The predicted octanol–water partition coefficient (Wildman–Crippen LogP) is 1.87. The van der Waals surface area contributed by atoms with Crippen molar-refractivity contribution in [2.75, 3.05) is 7.11 Å². The van der Waals surface area contributed by atoms with Crippen molar-refractivity contribution in [2.45, 2.75) is 31.9 Å². The van der Waals surface area contributed by atoms with Crippen molar-refractivity contribution in [2.24, 2.45) is 5.73 Å². The lowest BCUT2D eigenvalue weighted by Crippen LogP contribution is -2.41. The molecule has 1 atom stereocenters. The first-order chi connectivity index (χ1) is 8.35. The summed E-state index contributed by atoms with van der Waals surface area (Å²) in [6.45, 7) is 3.48. The van der Waals surface area contributed by atoms with Gasteiger partial charge in [0.15, 0.2) is 11.6 Å². The van der Waals surface area contributed by atoms with Crippen LogP contribution >= 0.6 is 0 Å². The maximum Gasteiger partial charge on any atom is 0.322 e. The number of methoxy groups -OCH3 is 1. The Morgan fingerprint density at radius 1 is 1.44 bits per heavy atom. The van der Waals surface area contributed by atoms with Crippen molar-refractivity contribution in [3.05, 3.63) is 30.1 Å². The van der Waals surface area contributed by atoms with Gasteiger partial charge in [-0.25, -0.2) is 4.39 Å². The Kier molecular flexibility index (Phi) is 4.67. The van der Waals surface area contributed by atoms with E-state index in [1.54, 1.807) is 26.0 Å². The van der Waals surface area contributed by atoms with Gasteiger partial charge < -0.3 is 15.2 Å². The van der Waals surface area contributed by atoms with E-state index in [1.165, 1.54) is 19.2 Å². The summed E-state index contributed by atoms with van der Waals surface area (Å²) in [7, 11) is 1.27. The summed E-state index contributed by atoms with van der Waals surface area (Å²) in [4.78, 5) is 11.2. The molecule has 0 fully saturated rings. The van der Waals surface area contributed by atoms with Gasteiger partial charge in [-0.2, -0.15) is 0 Å². The third-order valence-corrected chi connectivity index (χ3v) is 2.44. The highest BCUT2D eigenvalue weighted by atomic mass is 19.1. The van der Waals surface area contributed by atoms with Crippen LogP contribution in [0.25, 0.3) is 0 Å². The Bertz CT molecular complexity index is 420. The Balaban J connectivity index is 2.70. The van der Waals surface area contributed by atoms with Gasteiger partial charge in [-0.3, -0.25) is 4.79 Å². The zero-order valence-electron chi connectivity index (χ0n) is 10.8. The van der Waals surface area contributed by atoms with Crippen molar-refractivity contribution in [1.29, 1.82) is 0 Å². The molecule has 2 N–H and O–H groups in total. The van der Waals surface area contributed by atoms with Crippen LogP contribution in [0, 0.1) is 5.82 Å². The van der Waals surface area contributed by atoms with Gasteiger partial charge in [-0.1, -0.05) is 12.1 Å². The SMILES string of the molecule is COC(=O)C(N)CC(C)(C)Oc1ccccc1F. The van der Waals surface area contributed by atoms with Crippen LogP contribution in [-0.4, -0.2) is 24.7 Å². The molecule has 18 heavy (non-hydrogen) atoms. The second kappa shape index (κ2) is 5.82. The molecule has 4 nitrogen and oxygen atoms in total. The Labute approximate surface area is 106 Å². The molecule has 0 heterocycles. The summed E-state index contributed by atoms with van der Waals surface area (Å²) in [5.41, 5.74) is 4.89. The molecule has 0 aliphatic rings. The minimum atomic E-state index is -0.795. The predicted molar refractivity (Wildman–Crippen MR) is 65.7 cm³/mol. The molecular formula is C13H18FNO3. The van der Waals surface area contributed by atoms with Gasteiger partial charge in [0.1, 0.15) is 11.6 Å². The highest BCUT2D eigenvalue weighted by molar-refractivity contribution is 5.75. The molecule has 0 amide bonds. The van der Waals surface area contributed by atoms with Crippen molar-refractivity contribution in [1.82, 2.24) is 0 Å². The van der Waals surface area contributed by atoms with Crippen molar-refractivity contribution >= 4 is 5.97 Å². The van der Waals surface area contributed by atoms with Crippen LogP contribution in [0.5, 0.6) is 5.75 Å². The number of benzene rings is 1. The molecule has 0 saturated carbocycles. The van der Waals surface area contributed by atoms with Crippen molar-refractivity contribution < 1.29 is 18.7 Å². The third kappa shape index (κ3) is 4.00. The number of carbonyl (C=O) groups excluding carboxylic acids is 1. The molecular weight excluding hydrogens is 237 g/mol. The van der Waals surface area contributed by atoms with Gasteiger partial charge in [0.25, 0.3) is 0 Å². The molecule has 1 aromatic carbocycles. The lowest BCUT2D eigenvalue weighted by molar-refractivity contribution is -0.143. The summed E-state index contributed by atoms with van der Waals surface area (Å²) in [6.07, 6.45) is 0.230. The van der Waals surface area contributed by atoms with Crippen LogP contribution in [0.3, 0.4) is 0 Å². The Morgan fingerprint density at radius 3 is 2.61 bits per heavy atom. The van der Waals surface area contributed by atoms with E-state index in [1.807, 2.05) is 0 Å². The molecule has 0 bridgehead atoms. The standard InChI is InChI=1S/C13H18FNO3/c1-13(2,8-10(15)12(16)17-3)18-11-7-5-4-6-9(11)14/h4-7,10H,8,15H2,1-3H3. The topological polar surface area (TPSA) is 61.5 Å². The summed E-state index contributed by atoms with van der Waals surface area (Å²) in [5.74, 6) is -0.822. The summed E-state index contributed by atoms with van der Waals surface area (Å²) < 4.78 is 23.5. The lowest BCUT2D eigenvalue weighted by Gasteiger charge is -2.28. The van der Waals surface area contributed by atoms with E-state index in [-0.39, 0.29) is 12.2 Å². The van der Waals surface area contributed by atoms with E-state index in [9.17, 15) is 9.18 Å². The molecule has 0 radical (unpaired) electrons. The molecule has 0 saturated heterocycles. The second-order valence-electron chi connectivity index (χ2n) is 4.63. The monoisotopic (exact) mass is 255 g/mol. The van der Waals surface area contributed by atoms with Gasteiger partial charge in [-0.15, -0.1) is 0 Å². The van der Waals surface area contributed by atoms with E-state index in [0.29, 0.717) is 0 Å². The minimum Gasteiger partial charge on any atom is -0.485 e. The van der Waals surface area contributed by atoms with Gasteiger partial charge >= 0.3 is 5.97 Å². The largest absolute Gasteiger partial charge is 0.485 e. The van der Waals surface area contributed by atoms with Crippen LogP contribution < -0.4 is 10.5 Å². The van der Waals surface area contributed by atoms with Crippen molar-refractivity contribution in [3.63, 3.8) is 0 Å². The van der Waals surface area contributed by atoms with Gasteiger partial charge in [0.05, 0.1) is 7.11 Å². The number of para-hydroxylation sites is 1. The van der Waals surface area contributed by atoms with Gasteiger partial charge in [0.2, 0.25) is 0 Å². The molecule has 0 spiro atoms. The molecule has 0 aromatic heterocycles. The molecule has 5 heteroatoms. The first kappa shape index (κ1) is 14.4. The number of carbonyl (C=O) groups is 1. The van der Waals surface area contributed by atoms with E-state index in [4.69, 9.17) is 10.5 Å². The summed E-state index contributed by atoms with van der Waals surface area (Å²) in [6, 6.07) is 5.30. The average Bonchev–Trinajstić information content (AvgIpc) is 2.30. The van der Waals surface area contributed by atoms with Crippen molar-refractivity contribution in [3.8, 4) is 5.75 Å². The fraction of sp³-hybridized carbons (Fsp3) is 0.462. The maximum atomic E-state index is 13.4. The fourth-order valence-corrected chi connectivity index (χ4v) is 1.63. The molecule has 1 rings (SSSR count). The number of nitrogens with two attached hydrogens (primary N) is 1. The summed E-state index contributed by atoms with van der Waals surface area (Å²) >= 11 is 0. The number of ether oxygens (including phenoxy) is 2. The molecule has 0 aliphatic heterocycles. The van der Waals surface area contributed by atoms with E-state index in [2.05, 4.69) is 4.74 Å². The van der Waals surface area contributed by atoms with E-state index < -0.39 is 23.4 Å². The van der Waals surface area contributed by atoms with Gasteiger partial charge in [-0.05, 0) is 26.0 Å². The number of hydrogen-bond acceptors (Lipinski definition) is 4. The van der Waals surface area contributed by atoms with Crippen LogP contribution in [0.2, 0.25) is 0 Å². The third-order valence-electron chi connectivity index (χ3n) is 2.44. The number of halogens is 1. The quantitative estimate of drug-likeness (QED) is 0.816. The van der Waals surface area contributed by atoms with Gasteiger partial charge in [0, 0.05) is 6.42 Å². The Morgan fingerprint density at radius 2 is 2.06 bits per heavy atom. The normalized spacial score (nSPS) is 12.9. The first-order valence-electron chi connectivity index (χ1n) is 5.62. The lowest BCUT2D eigenvalue weighted by atomic mass is 9.99. The highest BCUT2D eigenvalue weighted by Crippen LogP contribution is 2.24. The molecule has 100 valence electrons. The van der Waals surface area contributed by atoms with Crippen LogP contribution in [0.15, 0.2) is 24.3 Å². The zero-order valence-corrected chi connectivity index (χ0v) is 10.8. The number of hydrogen-bond donors (Lipinski definition) is 1. The Hall–Kier alpha value is -1.62. The average molecular weight is 255 g/mol. The fourth-order valence-electron chi connectivity index (χ4n) is 1.63. The zero-order chi connectivity index (χ0) is 13.8. The van der Waals surface area contributed by atoms with Crippen LogP contribution in [0.1, 0.15) is 20.3 Å². The summed E-state index contributed by atoms with van der Waals surface area (Å²) in [5, 5.41) is 0.